The van der Waals surface area contributed by atoms with Crippen LogP contribution < -0.4 is 11.1 Å². The molecule has 4 N–H and O–H groups in total. The van der Waals surface area contributed by atoms with Crippen molar-refractivity contribution >= 4 is 33.2 Å². The number of nitrogens with two attached hydrogens (primary N) is 1. The molecule has 1 atom stereocenters. The normalized spacial score (nSPS) is 17.1. The summed E-state index contributed by atoms with van der Waals surface area (Å²) in [4.78, 5) is 12.4. The fraction of sp³-hybridized carbons (Fsp3) is 0.286. The molecule has 0 saturated heterocycles. The van der Waals surface area contributed by atoms with E-state index in [0.29, 0.717) is 5.56 Å². The first-order valence-corrected chi connectivity index (χ1v) is 7.33. The predicted octanol–water partition coefficient (Wildman–Crippen LogP) is 2.16. The zero-order chi connectivity index (χ0) is 14.1. The lowest BCUT2D eigenvalue weighted by atomic mass is 10.1. The first kappa shape index (κ1) is 12.9. The average Bonchev–Trinajstić information content (AvgIpc) is 3.22. The van der Waals surface area contributed by atoms with E-state index in [2.05, 4.69) is 10.5 Å². The second kappa shape index (κ2) is 5.13. The van der Waals surface area contributed by atoms with Crippen molar-refractivity contribution in [2.75, 3.05) is 0 Å². The van der Waals surface area contributed by atoms with Crippen molar-refractivity contribution in [3.05, 3.63) is 35.2 Å². The average molecular weight is 289 g/mol. The maximum Gasteiger partial charge on any atom is 0.253 e. The Labute approximate surface area is 120 Å². The van der Waals surface area contributed by atoms with Gasteiger partial charge in [-0.2, -0.15) is 0 Å². The highest BCUT2D eigenvalue weighted by Gasteiger charge is 2.35. The van der Waals surface area contributed by atoms with Crippen LogP contribution in [-0.4, -0.2) is 23.0 Å². The second-order valence-electron chi connectivity index (χ2n) is 4.96. The molecule has 0 radical (unpaired) electrons. The minimum atomic E-state index is -0.383. The fourth-order valence-corrected chi connectivity index (χ4v) is 3.24. The Morgan fingerprint density at radius 2 is 2.20 bits per heavy atom. The Morgan fingerprint density at radius 1 is 1.45 bits per heavy atom. The van der Waals surface area contributed by atoms with Crippen LogP contribution in [0.25, 0.3) is 10.1 Å². The van der Waals surface area contributed by atoms with Gasteiger partial charge in [-0.25, -0.2) is 0 Å². The molecule has 2 aromatic rings. The van der Waals surface area contributed by atoms with Gasteiger partial charge in [0.25, 0.3) is 5.91 Å². The van der Waals surface area contributed by atoms with Crippen molar-refractivity contribution in [3.63, 3.8) is 0 Å². The number of rotatable bonds is 4. The number of amides is 1. The van der Waals surface area contributed by atoms with Crippen LogP contribution in [0.1, 0.15) is 23.2 Å². The highest BCUT2D eigenvalue weighted by Crippen LogP contribution is 2.33. The molecule has 1 aromatic heterocycles. The molecular formula is C14H15N3O2S. The van der Waals surface area contributed by atoms with Crippen LogP contribution in [0.3, 0.4) is 0 Å². The SMILES string of the molecule is NC(=NO)C(NC(=O)c1csc2ccccc12)C1CC1. The van der Waals surface area contributed by atoms with Gasteiger partial charge in [0.05, 0.1) is 11.6 Å². The van der Waals surface area contributed by atoms with Gasteiger partial charge in [-0.3, -0.25) is 4.79 Å². The Balaban J connectivity index is 1.85. The van der Waals surface area contributed by atoms with Gasteiger partial charge < -0.3 is 16.3 Å². The van der Waals surface area contributed by atoms with Crippen LogP contribution in [0.15, 0.2) is 34.8 Å². The number of benzene rings is 1. The molecule has 0 aliphatic heterocycles. The summed E-state index contributed by atoms with van der Waals surface area (Å²) < 4.78 is 1.07. The van der Waals surface area contributed by atoms with Crippen molar-refractivity contribution in [2.45, 2.75) is 18.9 Å². The van der Waals surface area contributed by atoms with E-state index in [9.17, 15) is 4.79 Å². The Bertz CT molecular complexity index is 676. The second-order valence-corrected chi connectivity index (χ2v) is 5.87. The summed E-state index contributed by atoms with van der Waals surface area (Å²) in [6.07, 6.45) is 1.98. The van der Waals surface area contributed by atoms with Crippen LogP contribution in [0.4, 0.5) is 0 Å². The Hall–Kier alpha value is -2.08. The van der Waals surface area contributed by atoms with Crippen molar-refractivity contribution in [2.24, 2.45) is 16.8 Å². The summed E-state index contributed by atoms with van der Waals surface area (Å²) in [5, 5.41) is 17.5. The van der Waals surface area contributed by atoms with Gasteiger partial charge in [-0.1, -0.05) is 23.4 Å². The number of hydrogen-bond donors (Lipinski definition) is 3. The van der Waals surface area contributed by atoms with Gasteiger partial charge >= 0.3 is 0 Å². The zero-order valence-electron chi connectivity index (χ0n) is 10.7. The van der Waals surface area contributed by atoms with Crippen molar-refractivity contribution in [1.82, 2.24) is 5.32 Å². The summed E-state index contributed by atoms with van der Waals surface area (Å²) in [7, 11) is 0. The number of oxime groups is 1. The molecule has 6 heteroatoms. The first-order valence-electron chi connectivity index (χ1n) is 6.45. The minimum Gasteiger partial charge on any atom is -0.409 e. The molecular weight excluding hydrogens is 274 g/mol. The number of carbonyl (C=O) groups excluding carboxylic acids is 1. The summed E-state index contributed by atoms with van der Waals surface area (Å²) in [5.41, 5.74) is 6.30. The molecule has 1 saturated carbocycles. The smallest absolute Gasteiger partial charge is 0.253 e. The van der Waals surface area contributed by atoms with Gasteiger partial charge in [-0.05, 0) is 24.8 Å². The largest absolute Gasteiger partial charge is 0.409 e. The molecule has 3 rings (SSSR count). The summed E-state index contributed by atoms with van der Waals surface area (Å²) >= 11 is 1.54. The van der Waals surface area contributed by atoms with E-state index >= 15 is 0 Å². The lowest BCUT2D eigenvalue weighted by Gasteiger charge is -2.16. The number of nitrogens with one attached hydrogen (secondary N) is 1. The van der Waals surface area contributed by atoms with Crippen molar-refractivity contribution in [3.8, 4) is 0 Å². The van der Waals surface area contributed by atoms with Crippen molar-refractivity contribution in [1.29, 1.82) is 0 Å². The number of thiophene rings is 1. The fourth-order valence-electron chi connectivity index (χ4n) is 2.30. The molecule has 5 nitrogen and oxygen atoms in total. The van der Waals surface area contributed by atoms with E-state index in [-0.39, 0.29) is 23.7 Å². The molecule has 1 amide bonds. The lowest BCUT2D eigenvalue weighted by Crippen LogP contribution is -2.46. The molecule has 1 heterocycles. The highest BCUT2D eigenvalue weighted by atomic mass is 32.1. The van der Waals surface area contributed by atoms with E-state index in [1.54, 1.807) is 0 Å². The molecule has 104 valence electrons. The van der Waals surface area contributed by atoms with Gasteiger partial charge in [0, 0.05) is 15.5 Å². The minimum absolute atomic E-state index is 0.0698. The standard InChI is InChI=1S/C14H15N3O2S/c15-13(17-19)12(8-5-6-8)16-14(18)10-7-20-11-4-2-1-3-9(10)11/h1-4,7-8,12,19H,5-6H2,(H2,15,17)(H,16,18). The lowest BCUT2D eigenvalue weighted by molar-refractivity contribution is 0.0945. The number of carbonyl (C=O) groups is 1. The van der Waals surface area contributed by atoms with Gasteiger partial charge in [0.15, 0.2) is 5.84 Å². The van der Waals surface area contributed by atoms with Gasteiger partial charge in [0.1, 0.15) is 0 Å². The third-order valence-corrected chi connectivity index (χ3v) is 4.50. The maximum absolute atomic E-state index is 12.4. The van der Waals surface area contributed by atoms with Gasteiger partial charge in [-0.15, -0.1) is 11.3 Å². The number of hydrogen-bond acceptors (Lipinski definition) is 4. The number of nitrogens with zero attached hydrogens (tertiary/aromatic N) is 1. The number of fused-ring (bicyclic) bond motifs is 1. The zero-order valence-corrected chi connectivity index (χ0v) is 11.6. The third kappa shape index (κ3) is 2.34. The number of amidine groups is 1. The van der Waals surface area contributed by atoms with E-state index in [1.807, 2.05) is 29.6 Å². The first-order chi connectivity index (χ1) is 9.70. The molecule has 0 spiro atoms. The van der Waals surface area contributed by atoms with E-state index in [0.717, 1.165) is 22.9 Å². The Kier molecular flexibility index (Phi) is 3.31. The molecule has 20 heavy (non-hydrogen) atoms. The van der Waals surface area contributed by atoms with Crippen LogP contribution in [-0.2, 0) is 0 Å². The summed E-state index contributed by atoms with van der Waals surface area (Å²) in [5.74, 6) is 0.172. The van der Waals surface area contributed by atoms with Crippen LogP contribution in [0.2, 0.25) is 0 Å². The summed E-state index contributed by atoms with van der Waals surface area (Å²) in [6, 6.07) is 7.39. The van der Waals surface area contributed by atoms with Gasteiger partial charge in [0.2, 0.25) is 0 Å². The maximum atomic E-state index is 12.4. The molecule has 1 aromatic carbocycles. The van der Waals surface area contributed by atoms with Crippen LogP contribution >= 0.6 is 11.3 Å². The molecule has 0 bridgehead atoms. The van der Waals surface area contributed by atoms with E-state index in [4.69, 9.17) is 10.9 Å². The van der Waals surface area contributed by atoms with E-state index in [1.165, 1.54) is 11.3 Å². The molecule has 1 aliphatic rings. The monoisotopic (exact) mass is 289 g/mol. The van der Waals surface area contributed by atoms with Crippen LogP contribution in [0, 0.1) is 5.92 Å². The van der Waals surface area contributed by atoms with Crippen LogP contribution in [0.5, 0.6) is 0 Å². The molecule has 1 fully saturated rings. The summed E-state index contributed by atoms with van der Waals surface area (Å²) in [6.45, 7) is 0. The Morgan fingerprint density at radius 3 is 2.90 bits per heavy atom. The van der Waals surface area contributed by atoms with E-state index < -0.39 is 0 Å². The predicted molar refractivity (Wildman–Crippen MR) is 79.2 cm³/mol. The van der Waals surface area contributed by atoms with Crippen molar-refractivity contribution < 1.29 is 10.0 Å². The molecule has 1 aliphatic carbocycles. The highest BCUT2D eigenvalue weighted by molar-refractivity contribution is 7.17. The third-order valence-electron chi connectivity index (χ3n) is 3.54. The topological polar surface area (TPSA) is 87.7 Å². The molecule has 1 unspecified atom stereocenters. The quantitative estimate of drug-likeness (QED) is 0.349.